The molecule has 1 N–H and O–H groups in total. The van der Waals surface area contributed by atoms with E-state index in [2.05, 4.69) is 11.9 Å². The zero-order chi connectivity index (χ0) is 19.9. The van der Waals surface area contributed by atoms with Gasteiger partial charge in [-0.1, -0.05) is 36.9 Å². The zero-order valence-electron chi connectivity index (χ0n) is 14.9. The maximum atomic E-state index is 13.0. The third-order valence-electron chi connectivity index (χ3n) is 3.66. The van der Waals surface area contributed by atoms with Crippen molar-refractivity contribution >= 4 is 11.6 Å². The minimum absolute atomic E-state index is 0.0408. The normalized spacial score (nSPS) is 11.3. The Bertz CT molecular complexity index is 774. The van der Waals surface area contributed by atoms with Crippen LogP contribution in [-0.2, 0) is 17.5 Å². The van der Waals surface area contributed by atoms with Gasteiger partial charge in [-0.3, -0.25) is 9.69 Å². The summed E-state index contributed by atoms with van der Waals surface area (Å²) in [6.07, 6.45) is -2.87. The lowest BCUT2D eigenvalue weighted by Crippen LogP contribution is -2.30. The number of ether oxygens (including phenoxy) is 1. The third-order valence-corrected chi connectivity index (χ3v) is 3.66. The number of hydrogen-bond acceptors (Lipinski definition) is 3. The van der Waals surface area contributed by atoms with Crippen molar-refractivity contribution < 1.29 is 22.7 Å². The molecule has 0 heterocycles. The molecule has 0 saturated carbocycles. The molecule has 2 aromatic rings. The second kappa shape index (κ2) is 9.23. The van der Waals surface area contributed by atoms with Gasteiger partial charge in [-0.2, -0.15) is 13.2 Å². The van der Waals surface area contributed by atoms with Crippen LogP contribution in [0.3, 0.4) is 0 Å². The number of nitrogens with zero attached hydrogens (tertiary/aromatic N) is 1. The average molecular weight is 378 g/mol. The summed E-state index contributed by atoms with van der Waals surface area (Å²) >= 11 is 0. The van der Waals surface area contributed by atoms with Crippen LogP contribution in [0.25, 0.3) is 0 Å². The van der Waals surface area contributed by atoms with Gasteiger partial charge in [0.2, 0.25) is 5.91 Å². The first kappa shape index (κ1) is 20.5. The van der Waals surface area contributed by atoms with Gasteiger partial charge in [-0.25, -0.2) is 0 Å². The fourth-order valence-corrected chi connectivity index (χ4v) is 2.49. The molecule has 0 aliphatic rings. The number of carbonyl (C=O) groups is 1. The van der Waals surface area contributed by atoms with Gasteiger partial charge >= 0.3 is 6.18 Å². The molecule has 4 nitrogen and oxygen atoms in total. The van der Waals surface area contributed by atoms with Gasteiger partial charge in [0.15, 0.2) is 0 Å². The highest BCUT2D eigenvalue weighted by Crippen LogP contribution is 2.34. The lowest BCUT2D eigenvalue weighted by molar-refractivity contribution is -0.137. The smallest absolute Gasteiger partial charge is 0.418 e. The number of para-hydroxylation sites is 1. The second-order valence-corrected chi connectivity index (χ2v) is 6.01. The second-order valence-electron chi connectivity index (χ2n) is 6.01. The van der Waals surface area contributed by atoms with E-state index in [4.69, 9.17) is 4.74 Å². The van der Waals surface area contributed by atoms with Crippen molar-refractivity contribution in [1.82, 2.24) is 4.90 Å². The van der Waals surface area contributed by atoms with E-state index in [1.165, 1.54) is 18.2 Å². The molecule has 0 saturated heterocycles. The van der Waals surface area contributed by atoms with Crippen LogP contribution in [-0.4, -0.2) is 31.0 Å². The number of hydrogen-bond donors (Lipinski definition) is 1. The summed E-state index contributed by atoms with van der Waals surface area (Å²) in [5.41, 5.74) is -0.157. The minimum Gasteiger partial charge on any atom is -0.490 e. The Balaban J connectivity index is 1.92. The highest BCUT2D eigenvalue weighted by molar-refractivity contribution is 5.93. The maximum Gasteiger partial charge on any atom is 0.418 e. The van der Waals surface area contributed by atoms with Crippen molar-refractivity contribution in [2.24, 2.45) is 0 Å². The molecule has 27 heavy (non-hydrogen) atoms. The molecule has 0 aliphatic heterocycles. The Morgan fingerprint density at radius 2 is 1.85 bits per heavy atom. The van der Waals surface area contributed by atoms with E-state index in [0.29, 0.717) is 18.9 Å². The summed E-state index contributed by atoms with van der Waals surface area (Å²) in [5, 5.41) is 2.34. The molecule has 0 aliphatic carbocycles. The minimum atomic E-state index is -4.52. The summed E-state index contributed by atoms with van der Waals surface area (Å²) in [4.78, 5) is 13.8. The summed E-state index contributed by atoms with van der Waals surface area (Å²) in [7, 11) is 1.72. The van der Waals surface area contributed by atoms with Gasteiger partial charge in [0.05, 0.1) is 17.8 Å². The number of rotatable bonds is 8. The maximum absolute atomic E-state index is 13.0. The van der Waals surface area contributed by atoms with Gasteiger partial charge in [0, 0.05) is 6.54 Å². The SMILES string of the molecule is C=CCOc1ccc(CN(C)CC(=O)Nc2ccccc2C(F)(F)F)cc1. The molecule has 0 spiro atoms. The summed E-state index contributed by atoms with van der Waals surface area (Å²) in [5.74, 6) is 0.197. The van der Waals surface area contributed by atoms with Gasteiger partial charge < -0.3 is 10.1 Å². The van der Waals surface area contributed by atoms with Gasteiger partial charge in [0.1, 0.15) is 12.4 Å². The van der Waals surface area contributed by atoms with Crippen molar-refractivity contribution in [1.29, 1.82) is 0 Å². The lowest BCUT2D eigenvalue weighted by Gasteiger charge is -2.18. The summed E-state index contributed by atoms with van der Waals surface area (Å²) in [6, 6.07) is 12.3. The number of benzene rings is 2. The molecule has 1 amide bonds. The van der Waals surface area contributed by atoms with Crippen LogP contribution in [0.1, 0.15) is 11.1 Å². The van der Waals surface area contributed by atoms with Crippen molar-refractivity contribution in [3.63, 3.8) is 0 Å². The van der Waals surface area contributed by atoms with E-state index >= 15 is 0 Å². The molecule has 0 atom stereocenters. The van der Waals surface area contributed by atoms with Crippen molar-refractivity contribution in [2.75, 3.05) is 25.5 Å². The molecule has 2 aromatic carbocycles. The molecule has 7 heteroatoms. The summed E-state index contributed by atoms with van der Waals surface area (Å²) < 4.78 is 44.3. The van der Waals surface area contributed by atoms with E-state index in [1.54, 1.807) is 18.0 Å². The Labute approximate surface area is 156 Å². The topological polar surface area (TPSA) is 41.6 Å². The highest BCUT2D eigenvalue weighted by atomic mass is 19.4. The van der Waals surface area contributed by atoms with Crippen LogP contribution in [0.5, 0.6) is 5.75 Å². The Kier molecular flexibility index (Phi) is 7.01. The van der Waals surface area contributed by atoms with E-state index < -0.39 is 17.6 Å². The quantitative estimate of drug-likeness (QED) is 0.695. The lowest BCUT2D eigenvalue weighted by atomic mass is 10.1. The number of alkyl halides is 3. The van der Waals surface area contributed by atoms with E-state index in [9.17, 15) is 18.0 Å². The Morgan fingerprint density at radius 3 is 2.48 bits per heavy atom. The molecule has 0 aromatic heterocycles. The number of nitrogens with one attached hydrogen (secondary N) is 1. The first-order chi connectivity index (χ1) is 12.8. The Morgan fingerprint density at radius 1 is 1.19 bits per heavy atom. The molecule has 0 radical (unpaired) electrons. The standard InChI is InChI=1S/C20H21F3N2O2/c1-3-12-27-16-10-8-15(9-11-16)13-25(2)14-19(26)24-18-7-5-4-6-17(18)20(21,22)23/h3-11H,1,12-14H2,2H3,(H,24,26). The average Bonchev–Trinajstić information content (AvgIpc) is 2.60. The zero-order valence-corrected chi connectivity index (χ0v) is 14.9. The predicted octanol–water partition coefficient (Wildman–Crippen LogP) is 4.34. The number of likely N-dealkylation sites (N-methyl/N-ethyl adjacent to an activating group) is 1. The van der Waals surface area contributed by atoms with E-state index in [-0.39, 0.29) is 12.2 Å². The number of amides is 1. The number of anilines is 1. The van der Waals surface area contributed by atoms with Gasteiger partial charge in [0.25, 0.3) is 0 Å². The largest absolute Gasteiger partial charge is 0.490 e. The van der Waals surface area contributed by atoms with Crippen molar-refractivity contribution in [2.45, 2.75) is 12.7 Å². The fourth-order valence-electron chi connectivity index (χ4n) is 2.49. The molecule has 0 bridgehead atoms. The van der Waals surface area contributed by atoms with Crippen LogP contribution in [0.15, 0.2) is 61.2 Å². The van der Waals surface area contributed by atoms with Gasteiger partial charge in [-0.15, -0.1) is 0 Å². The van der Waals surface area contributed by atoms with Crippen LogP contribution < -0.4 is 10.1 Å². The molecule has 0 fully saturated rings. The monoisotopic (exact) mass is 378 g/mol. The first-order valence-corrected chi connectivity index (χ1v) is 8.27. The van der Waals surface area contributed by atoms with E-state index in [0.717, 1.165) is 11.6 Å². The third kappa shape index (κ3) is 6.45. The molecular formula is C20H21F3N2O2. The predicted molar refractivity (Wildman–Crippen MR) is 98.5 cm³/mol. The van der Waals surface area contributed by atoms with Crippen molar-refractivity contribution in [3.8, 4) is 5.75 Å². The first-order valence-electron chi connectivity index (χ1n) is 8.27. The molecule has 144 valence electrons. The fraction of sp³-hybridized carbons (Fsp3) is 0.250. The van der Waals surface area contributed by atoms with Crippen LogP contribution in [0.4, 0.5) is 18.9 Å². The van der Waals surface area contributed by atoms with Crippen LogP contribution in [0.2, 0.25) is 0 Å². The highest BCUT2D eigenvalue weighted by Gasteiger charge is 2.33. The van der Waals surface area contributed by atoms with Gasteiger partial charge in [-0.05, 0) is 36.9 Å². The molecule has 0 unspecified atom stereocenters. The van der Waals surface area contributed by atoms with Crippen LogP contribution in [0, 0.1) is 0 Å². The van der Waals surface area contributed by atoms with Crippen LogP contribution >= 0.6 is 0 Å². The molecular weight excluding hydrogens is 357 g/mol. The number of carbonyl (C=O) groups excluding carboxylic acids is 1. The molecule has 2 rings (SSSR count). The Hall–Kier alpha value is -2.80. The number of halogens is 3. The van der Waals surface area contributed by atoms with Crippen molar-refractivity contribution in [3.05, 3.63) is 72.3 Å². The van der Waals surface area contributed by atoms with E-state index in [1.807, 2.05) is 24.3 Å². The summed E-state index contributed by atoms with van der Waals surface area (Å²) in [6.45, 7) is 4.42.